The molecule has 0 amide bonds. The quantitative estimate of drug-likeness (QED) is 0.127. The third-order valence-electron chi connectivity index (χ3n) is 5.27. The number of aromatic nitrogens is 3. The Labute approximate surface area is 251 Å². The molecule has 0 saturated heterocycles. The van der Waals surface area contributed by atoms with E-state index in [1.165, 1.54) is 24.4 Å². The molecule has 1 atom stereocenters. The normalized spacial score (nSPS) is 11.4. The van der Waals surface area contributed by atoms with Crippen LogP contribution in [-0.2, 0) is 24.1 Å². The summed E-state index contributed by atoms with van der Waals surface area (Å²) in [5.74, 6) is -0.738. The number of nitrogen functional groups attached to an aromatic ring is 1. The fourth-order valence-electron chi connectivity index (χ4n) is 3.50. The van der Waals surface area contributed by atoms with Gasteiger partial charge in [0.25, 0.3) is 9.05 Å². The molecule has 3 aromatic heterocycles. The number of fused-ring (bicyclic) bond motifs is 3. The Kier molecular flexibility index (Phi) is 12.0. The molecule has 0 saturated carbocycles. The molecule has 0 fully saturated rings. The van der Waals surface area contributed by atoms with E-state index in [0.29, 0.717) is 10.9 Å². The molecule has 42 heavy (non-hydrogen) atoms. The van der Waals surface area contributed by atoms with Crippen LogP contribution in [0, 0.1) is 11.6 Å². The summed E-state index contributed by atoms with van der Waals surface area (Å²) >= 11 is 1.67. The summed E-state index contributed by atoms with van der Waals surface area (Å²) in [5, 5.41) is 1.74. The van der Waals surface area contributed by atoms with Crippen molar-refractivity contribution >= 4 is 81.4 Å². The van der Waals surface area contributed by atoms with Crippen molar-refractivity contribution in [2.24, 2.45) is 0 Å². The van der Waals surface area contributed by atoms with Gasteiger partial charge in [-0.3, -0.25) is 15.0 Å². The zero-order chi connectivity index (χ0) is 30.7. The summed E-state index contributed by atoms with van der Waals surface area (Å²) in [5.41, 5.74) is 8.21. The number of anilines is 1. The molecule has 1 unspecified atom stereocenters. The van der Waals surface area contributed by atoms with Crippen molar-refractivity contribution in [3.8, 4) is 0 Å². The van der Waals surface area contributed by atoms with Gasteiger partial charge >= 0.3 is 0 Å². The van der Waals surface area contributed by atoms with Crippen LogP contribution in [-0.4, -0.2) is 32.1 Å². The fourth-order valence-corrected chi connectivity index (χ4v) is 4.50. The minimum Gasteiger partial charge on any atom is -0.749 e. The second-order valence-corrected chi connectivity index (χ2v) is 11.3. The van der Waals surface area contributed by atoms with E-state index in [4.69, 9.17) is 25.2 Å². The molecule has 6 aromatic rings. The van der Waals surface area contributed by atoms with Crippen LogP contribution in [0.15, 0.2) is 108 Å². The third kappa shape index (κ3) is 9.08. The van der Waals surface area contributed by atoms with Crippen LogP contribution < -0.4 is 5.73 Å². The minimum absolute atomic E-state index is 0.0486. The Hall–Kier alpha value is -3.85. The van der Waals surface area contributed by atoms with Gasteiger partial charge in [0.15, 0.2) is 0 Å². The Balaban J connectivity index is 0.000000162. The number of halogens is 4. The van der Waals surface area contributed by atoms with Gasteiger partial charge in [-0.1, -0.05) is 12.1 Å². The maximum atomic E-state index is 13.3. The highest BCUT2D eigenvalue weighted by Gasteiger charge is 2.16. The van der Waals surface area contributed by atoms with Gasteiger partial charge < -0.3 is 10.3 Å². The van der Waals surface area contributed by atoms with Crippen molar-refractivity contribution in [1.82, 2.24) is 15.0 Å². The predicted octanol–water partition coefficient (Wildman–Crippen LogP) is 6.44. The lowest BCUT2D eigenvalue weighted by molar-refractivity contribution is 0.457. The number of hydrogen-bond acceptors (Lipinski definition) is 9. The molecule has 218 valence electrons. The molecule has 0 aliphatic heterocycles. The molecule has 0 radical (unpaired) electrons. The van der Waals surface area contributed by atoms with Gasteiger partial charge in [-0.25, -0.2) is 21.4 Å². The summed E-state index contributed by atoms with van der Waals surface area (Å²) < 4.78 is 69.7. The third-order valence-corrected chi connectivity index (χ3v) is 7.03. The fraction of sp³-hybridized carbons (Fsp3) is 0. The smallest absolute Gasteiger partial charge is 0.263 e. The second kappa shape index (κ2) is 15.4. The molecule has 0 aliphatic rings. The zero-order valence-electron chi connectivity index (χ0n) is 21.1. The van der Waals surface area contributed by atoms with Gasteiger partial charge in [-0.2, -0.15) is 3.74 Å². The van der Waals surface area contributed by atoms with E-state index < -0.39 is 26.2 Å². The maximum absolute atomic E-state index is 13.3. The van der Waals surface area contributed by atoms with E-state index in [2.05, 4.69) is 30.6 Å². The van der Waals surface area contributed by atoms with Crippen molar-refractivity contribution in [2.45, 2.75) is 4.90 Å². The lowest BCUT2D eigenvalue weighted by Gasteiger charge is -2.02. The molecule has 0 spiro atoms. The monoisotopic (exact) mass is 651 g/mol. The second-order valence-electron chi connectivity index (χ2n) is 7.88. The number of nitrogens with zero attached hydrogens (tertiary/aromatic N) is 3. The number of pyridine rings is 3. The summed E-state index contributed by atoms with van der Waals surface area (Å²) in [7, 11) is 1.30. The van der Waals surface area contributed by atoms with E-state index >= 15 is 0 Å². The van der Waals surface area contributed by atoms with Crippen LogP contribution in [0.4, 0.5) is 14.5 Å². The van der Waals surface area contributed by atoms with E-state index in [9.17, 15) is 17.2 Å². The Bertz CT molecular complexity index is 1870. The van der Waals surface area contributed by atoms with Gasteiger partial charge in [-0.15, -0.1) is 0 Å². The molecular formula is C27H19Cl2F2N4O5S2-. The van der Waals surface area contributed by atoms with Crippen LogP contribution in [0.3, 0.4) is 0 Å². The summed E-state index contributed by atoms with van der Waals surface area (Å²) in [6, 6.07) is 23.1. The molecule has 3 heterocycles. The van der Waals surface area contributed by atoms with Crippen molar-refractivity contribution < 1.29 is 29.7 Å². The highest BCUT2D eigenvalue weighted by atomic mass is 35.7. The average Bonchev–Trinajstić information content (AvgIpc) is 2.98. The van der Waals surface area contributed by atoms with Gasteiger partial charge in [0.2, 0.25) is 0 Å². The van der Waals surface area contributed by atoms with E-state index in [-0.39, 0.29) is 21.6 Å². The lowest BCUT2D eigenvalue weighted by Crippen LogP contribution is -1.95. The van der Waals surface area contributed by atoms with Gasteiger partial charge in [-0.05, 0) is 72.8 Å². The van der Waals surface area contributed by atoms with Crippen LogP contribution in [0.2, 0.25) is 0 Å². The molecule has 0 bridgehead atoms. The summed E-state index contributed by atoms with van der Waals surface area (Å²) in [6.07, 6.45) is 4.80. The molecule has 3 aromatic carbocycles. The first-order valence-corrected chi connectivity index (χ1v) is 15.1. The summed E-state index contributed by atoms with van der Waals surface area (Å²) in [6.45, 7) is 0. The highest BCUT2D eigenvalue weighted by Crippen LogP contribution is 2.25. The molecule has 0 aliphatic carbocycles. The first-order chi connectivity index (χ1) is 20.0. The van der Waals surface area contributed by atoms with Crippen LogP contribution in [0.5, 0.6) is 0 Å². The first kappa shape index (κ1) is 32.7. The molecule has 15 heteroatoms. The standard InChI is InChI=1S/C9H5ClFNO2S.C9H6FN.C9H8N2.ClHO3S/c10-15(13,14)8-4-3-7(11)6-2-1-5-12-9(6)8;2*10-8-4-1-5-9-7(8)3-2-6-11-9;1-4-5(2)3/h1-5H;1-6H;1-6H,10H2;(H,2,3)/p-1. The number of benzene rings is 3. The SMILES string of the molecule is Fc1cccc2ncccc12.Nc1cccc2ncccc12.O=S(=O)(Cl)c1ccc(F)c2cccnc12.O=S([O-])OCl. The topological polar surface area (TPSA) is 148 Å². The van der Waals surface area contributed by atoms with Crippen molar-refractivity contribution in [2.75, 3.05) is 5.73 Å². The van der Waals surface area contributed by atoms with Gasteiger partial charge in [0.1, 0.15) is 27.9 Å². The van der Waals surface area contributed by atoms with Gasteiger partial charge in [0.05, 0.1) is 28.4 Å². The lowest BCUT2D eigenvalue weighted by atomic mass is 10.2. The van der Waals surface area contributed by atoms with Crippen LogP contribution in [0.1, 0.15) is 0 Å². The van der Waals surface area contributed by atoms with Gasteiger partial charge in [0, 0.05) is 51.1 Å². The Morgan fingerprint density at radius 1 is 0.738 bits per heavy atom. The van der Waals surface area contributed by atoms with E-state index in [1.54, 1.807) is 36.7 Å². The van der Waals surface area contributed by atoms with Crippen LogP contribution >= 0.6 is 22.5 Å². The first-order valence-electron chi connectivity index (χ1n) is 11.5. The molecule has 9 nitrogen and oxygen atoms in total. The van der Waals surface area contributed by atoms with E-state index in [1.807, 2.05) is 30.3 Å². The Morgan fingerprint density at radius 2 is 1.24 bits per heavy atom. The zero-order valence-corrected chi connectivity index (χ0v) is 24.2. The van der Waals surface area contributed by atoms with Crippen LogP contribution in [0.25, 0.3) is 32.7 Å². The largest absolute Gasteiger partial charge is 0.749 e. The highest BCUT2D eigenvalue weighted by molar-refractivity contribution is 8.14. The van der Waals surface area contributed by atoms with Crippen molar-refractivity contribution in [3.63, 3.8) is 0 Å². The number of hydrogen-bond donors (Lipinski definition) is 1. The predicted molar refractivity (Wildman–Crippen MR) is 158 cm³/mol. The average molecular weight is 653 g/mol. The number of nitrogens with two attached hydrogens (primary N) is 1. The van der Waals surface area contributed by atoms with E-state index in [0.717, 1.165) is 28.7 Å². The Morgan fingerprint density at radius 3 is 1.79 bits per heavy atom. The molecular weight excluding hydrogens is 633 g/mol. The van der Waals surface area contributed by atoms with Crippen molar-refractivity contribution in [1.29, 1.82) is 0 Å². The van der Waals surface area contributed by atoms with Crippen molar-refractivity contribution in [3.05, 3.63) is 115 Å². The number of rotatable bonds is 2. The molecule has 2 N–H and O–H groups in total. The molecule has 6 rings (SSSR count). The minimum atomic E-state index is -3.90. The summed E-state index contributed by atoms with van der Waals surface area (Å²) in [4.78, 5) is 11.8. The maximum Gasteiger partial charge on any atom is 0.263 e.